The maximum Gasteiger partial charge on any atom is 0.328 e. The van der Waals surface area contributed by atoms with E-state index in [4.69, 9.17) is 14.6 Å². The summed E-state index contributed by atoms with van der Waals surface area (Å²) in [5.41, 5.74) is 3.67. The first-order chi connectivity index (χ1) is 13.4. The molecule has 2 amide bonds. The molecule has 0 saturated carbocycles. The number of anilines is 1. The van der Waals surface area contributed by atoms with Crippen molar-refractivity contribution >= 4 is 40.5 Å². The monoisotopic (exact) mass is 401 g/mol. The number of rotatable bonds is 6. The minimum atomic E-state index is -1.24. The lowest BCUT2D eigenvalue weighted by molar-refractivity contribution is -0.131. The molecule has 144 valence electrons. The number of aliphatic carboxylic acids is 1. The highest BCUT2D eigenvalue weighted by atomic mass is 32.1. The van der Waals surface area contributed by atoms with Crippen LogP contribution < -0.4 is 20.2 Å². The third-order valence-electron chi connectivity index (χ3n) is 3.61. The average molecular weight is 401 g/mol. The minimum absolute atomic E-state index is 0.0381. The summed E-state index contributed by atoms with van der Waals surface area (Å²) in [6.45, 7) is 1.69. The number of carboxylic acids is 1. The topological polar surface area (TPSA) is 126 Å². The highest BCUT2D eigenvalue weighted by Gasteiger charge is 2.20. The van der Waals surface area contributed by atoms with Crippen LogP contribution in [0.2, 0.25) is 0 Å². The number of nitrogens with zero attached hydrogens (tertiary/aromatic N) is 1. The van der Waals surface area contributed by atoms with Gasteiger partial charge in [0.15, 0.2) is 11.5 Å². The Labute approximate surface area is 163 Å². The third-order valence-corrected chi connectivity index (χ3v) is 4.48. The largest absolute Gasteiger partial charge is 0.478 e. The number of hydrogen-bond acceptors (Lipinski definition) is 7. The second-order valence-corrected chi connectivity index (χ2v) is 6.48. The van der Waals surface area contributed by atoms with Gasteiger partial charge >= 0.3 is 5.97 Å². The van der Waals surface area contributed by atoms with Gasteiger partial charge in [0.25, 0.3) is 5.91 Å². The van der Waals surface area contributed by atoms with E-state index in [-0.39, 0.29) is 12.7 Å². The molecule has 1 aromatic heterocycles. The standard InChI is InChI=1S/C18H15N3O6S/c1-10(20-21-18(25)15-3-2-6-28-15)11-7-13-14(27-9-26-13)8-12(11)19-16(22)4-5-17(23)24/h2-8H,9H2,1H3,(H,19,22)(H,21,25)(H,23,24)/b5-4+,20-10-. The van der Waals surface area contributed by atoms with Crippen LogP contribution >= 0.6 is 11.3 Å². The maximum atomic E-state index is 12.1. The van der Waals surface area contributed by atoms with Crippen LogP contribution in [-0.2, 0) is 9.59 Å². The van der Waals surface area contributed by atoms with Crippen molar-refractivity contribution < 1.29 is 29.0 Å². The van der Waals surface area contributed by atoms with Crippen molar-refractivity contribution in [2.45, 2.75) is 6.92 Å². The van der Waals surface area contributed by atoms with Crippen molar-refractivity contribution in [3.05, 3.63) is 52.2 Å². The number of ether oxygens (including phenoxy) is 2. The molecule has 10 heteroatoms. The Hall–Kier alpha value is -3.66. The highest BCUT2D eigenvalue weighted by molar-refractivity contribution is 7.12. The van der Waals surface area contributed by atoms with Gasteiger partial charge in [0.05, 0.1) is 16.3 Å². The molecule has 9 nitrogen and oxygen atoms in total. The molecular weight excluding hydrogens is 386 g/mol. The molecule has 0 saturated heterocycles. The molecule has 0 atom stereocenters. The first-order valence-electron chi connectivity index (χ1n) is 7.98. The molecule has 28 heavy (non-hydrogen) atoms. The summed E-state index contributed by atoms with van der Waals surface area (Å²) < 4.78 is 10.7. The van der Waals surface area contributed by atoms with Crippen molar-refractivity contribution in [2.75, 3.05) is 12.1 Å². The molecule has 1 aliphatic rings. The first-order valence-corrected chi connectivity index (χ1v) is 8.86. The molecule has 0 radical (unpaired) electrons. The van der Waals surface area contributed by atoms with E-state index in [2.05, 4.69) is 15.8 Å². The van der Waals surface area contributed by atoms with Crippen molar-refractivity contribution in [1.82, 2.24) is 5.43 Å². The van der Waals surface area contributed by atoms with E-state index in [0.29, 0.717) is 33.3 Å². The van der Waals surface area contributed by atoms with Gasteiger partial charge in [-0.05, 0) is 24.4 Å². The number of hydrazone groups is 1. The summed E-state index contributed by atoms with van der Waals surface area (Å²) in [7, 11) is 0. The van der Waals surface area contributed by atoms with E-state index in [1.165, 1.54) is 11.3 Å². The van der Waals surface area contributed by atoms with Crippen LogP contribution in [0.15, 0.2) is 46.9 Å². The normalized spacial score (nSPS) is 12.8. The zero-order valence-electron chi connectivity index (χ0n) is 14.6. The third kappa shape index (κ3) is 4.54. The number of carboxylic acid groups (broad SMARTS) is 1. The number of benzene rings is 1. The highest BCUT2D eigenvalue weighted by Crippen LogP contribution is 2.37. The molecule has 2 aromatic rings. The Kier molecular flexibility index (Phi) is 5.70. The van der Waals surface area contributed by atoms with Crippen LogP contribution in [0, 0.1) is 0 Å². The lowest BCUT2D eigenvalue weighted by Crippen LogP contribution is -2.19. The minimum Gasteiger partial charge on any atom is -0.478 e. The van der Waals surface area contributed by atoms with E-state index < -0.39 is 11.9 Å². The summed E-state index contributed by atoms with van der Waals surface area (Å²) in [6, 6.07) is 6.59. The fraction of sp³-hybridized carbons (Fsp3) is 0.111. The fourth-order valence-electron chi connectivity index (χ4n) is 2.32. The molecular formula is C18H15N3O6S. The van der Waals surface area contributed by atoms with Crippen molar-refractivity contribution in [3.63, 3.8) is 0 Å². The molecule has 0 fully saturated rings. The van der Waals surface area contributed by atoms with Crippen molar-refractivity contribution in [1.29, 1.82) is 0 Å². The molecule has 1 aromatic carbocycles. The molecule has 0 unspecified atom stereocenters. The fourth-order valence-corrected chi connectivity index (χ4v) is 2.94. The lowest BCUT2D eigenvalue weighted by atomic mass is 10.1. The zero-order valence-corrected chi connectivity index (χ0v) is 15.4. The summed E-state index contributed by atoms with van der Waals surface area (Å²) in [5.74, 6) is -1.34. The molecule has 2 heterocycles. The van der Waals surface area contributed by atoms with Gasteiger partial charge < -0.3 is 19.9 Å². The molecule has 0 spiro atoms. The molecule has 0 bridgehead atoms. The molecule has 0 aliphatic carbocycles. The molecule has 1 aliphatic heterocycles. The van der Waals surface area contributed by atoms with E-state index in [1.807, 2.05) is 0 Å². The number of carbonyl (C=O) groups excluding carboxylic acids is 2. The van der Waals surface area contributed by atoms with Gasteiger partial charge in [-0.1, -0.05) is 6.07 Å². The maximum absolute atomic E-state index is 12.1. The number of thiophene rings is 1. The summed E-state index contributed by atoms with van der Waals surface area (Å²) in [4.78, 5) is 35.1. The van der Waals surface area contributed by atoms with E-state index in [1.54, 1.807) is 36.6 Å². The van der Waals surface area contributed by atoms with Gasteiger partial charge in [-0.25, -0.2) is 10.2 Å². The zero-order chi connectivity index (χ0) is 20.1. The van der Waals surface area contributed by atoms with Gasteiger partial charge in [0.1, 0.15) is 0 Å². The second kappa shape index (κ2) is 8.35. The van der Waals surface area contributed by atoms with Gasteiger partial charge in [0.2, 0.25) is 12.7 Å². The van der Waals surface area contributed by atoms with Crippen LogP contribution in [0.25, 0.3) is 0 Å². The van der Waals surface area contributed by atoms with Gasteiger partial charge in [-0.2, -0.15) is 5.10 Å². The summed E-state index contributed by atoms with van der Waals surface area (Å²) in [5, 5.41) is 17.1. The smallest absolute Gasteiger partial charge is 0.328 e. The van der Waals surface area contributed by atoms with Crippen molar-refractivity contribution in [2.24, 2.45) is 5.10 Å². The number of amides is 2. The Bertz CT molecular complexity index is 981. The predicted molar refractivity (Wildman–Crippen MR) is 102 cm³/mol. The predicted octanol–water partition coefficient (Wildman–Crippen LogP) is 2.21. The van der Waals surface area contributed by atoms with Crippen LogP contribution in [0.1, 0.15) is 22.2 Å². The summed E-state index contributed by atoms with van der Waals surface area (Å²) in [6.07, 6.45) is 1.62. The van der Waals surface area contributed by atoms with E-state index in [9.17, 15) is 14.4 Å². The summed E-state index contributed by atoms with van der Waals surface area (Å²) >= 11 is 1.28. The number of hydrogen-bond donors (Lipinski definition) is 3. The Morgan fingerprint density at radius 1 is 1.21 bits per heavy atom. The quantitative estimate of drug-likeness (QED) is 0.387. The van der Waals surface area contributed by atoms with Crippen LogP contribution in [0.4, 0.5) is 5.69 Å². The van der Waals surface area contributed by atoms with Gasteiger partial charge in [0, 0.05) is 23.8 Å². The first kappa shape index (κ1) is 19.1. The molecule has 3 N–H and O–H groups in total. The number of nitrogens with one attached hydrogen (secondary N) is 2. The molecule has 3 rings (SSSR count). The Balaban J connectivity index is 1.85. The van der Waals surface area contributed by atoms with Crippen LogP contribution in [-0.4, -0.2) is 35.4 Å². The second-order valence-electron chi connectivity index (χ2n) is 5.53. The average Bonchev–Trinajstić information content (AvgIpc) is 3.34. The Morgan fingerprint density at radius 3 is 2.64 bits per heavy atom. The van der Waals surface area contributed by atoms with E-state index in [0.717, 1.165) is 12.2 Å². The number of carbonyl (C=O) groups is 3. The van der Waals surface area contributed by atoms with Crippen molar-refractivity contribution in [3.8, 4) is 11.5 Å². The van der Waals surface area contributed by atoms with Crippen LogP contribution in [0.3, 0.4) is 0 Å². The SMILES string of the molecule is C/C(=N/NC(=O)c1cccs1)c1cc2c(cc1NC(=O)/C=C/C(=O)O)OCO2. The van der Waals surface area contributed by atoms with Crippen LogP contribution in [0.5, 0.6) is 11.5 Å². The van der Waals surface area contributed by atoms with Gasteiger partial charge in [-0.15, -0.1) is 11.3 Å². The van der Waals surface area contributed by atoms with Gasteiger partial charge in [-0.3, -0.25) is 9.59 Å². The Morgan fingerprint density at radius 2 is 1.96 bits per heavy atom. The number of fused-ring (bicyclic) bond motifs is 1. The van der Waals surface area contributed by atoms with E-state index >= 15 is 0 Å². The lowest BCUT2D eigenvalue weighted by Gasteiger charge is -2.11.